The van der Waals surface area contributed by atoms with E-state index in [0.717, 1.165) is 50.4 Å². The zero-order chi connectivity index (χ0) is 24.4. The lowest BCUT2D eigenvalue weighted by molar-refractivity contribution is -0.0585. The molecule has 2 N–H and O–H groups in total. The van der Waals surface area contributed by atoms with Gasteiger partial charge in [-0.05, 0) is 73.9 Å². The number of rotatable bonds is 4. The van der Waals surface area contributed by atoms with Gasteiger partial charge in [-0.15, -0.1) is 0 Å². The van der Waals surface area contributed by atoms with Crippen LogP contribution in [0.2, 0.25) is 0 Å². The van der Waals surface area contributed by atoms with Crippen LogP contribution in [0.25, 0.3) is 5.57 Å². The topological polar surface area (TPSA) is 55.8 Å². The minimum atomic E-state index is -0.663. The number of anilines is 1. The number of halogens is 2. The Bertz CT molecular complexity index is 1090. The van der Waals surface area contributed by atoms with Gasteiger partial charge in [0, 0.05) is 37.2 Å². The van der Waals surface area contributed by atoms with E-state index in [1.807, 2.05) is 0 Å². The zero-order valence-electron chi connectivity index (χ0n) is 19.9. The molecule has 2 aromatic rings. The van der Waals surface area contributed by atoms with Crippen LogP contribution in [0.15, 0.2) is 48.5 Å². The molecule has 2 aliphatic heterocycles. The van der Waals surface area contributed by atoms with Gasteiger partial charge in [-0.3, -0.25) is 4.90 Å². The Balaban J connectivity index is 1.34. The molecule has 5 rings (SSSR count). The van der Waals surface area contributed by atoms with Gasteiger partial charge in [-0.1, -0.05) is 30.3 Å². The van der Waals surface area contributed by atoms with Crippen LogP contribution in [0.5, 0.6) is 0 Å². The molecule has 0 aromatic heterocycles. The van der Waals surface area contributed by atoms with Crippen LogP contribution in [0.4, 0.5) is 19.3 Å². The molecule has 7 heteroatoms. The molecule has 2 heterocycles. The van der Waals surface area contributed by atoms with E-state index in [-0.39, 0.29) is 30.3 Å². The average molecular weight is 482 g/mol. The van der Waals surface area contributed by atoms with Crippen LogP contribution in [0, 0.1) is 11.6 Å². The summed E-state index contributed by atoms with van der Waals surface area (Å²) in [5.74, 6) is -1.16. The van der Waals surface area contributed by atoms with E-state index < -0.39 is 17.7 Å². The van der Waals surface area contributed by atoms with Crippen molar-refractivity contribution in [1.82, 2.24) is 9.80 Å². The number of allylic oxidation sites excluding steroid dienone is 2. The summed E-state index contributed by atoms with van der Waals surface area (Å²) in [5.41, 5.74) is 3.69. The van der Waals surface area contributed by atoms with Gasteiger partial charge in [-0.2, -0.15) is 0 Å². The van der Waals surface area contributed by atoms with Gasteiger partial charge in [0.15, 0.2) is 0 Å². The fraction of sp³-hybridized carbons (Fsp3) is 0.464. The second-order valence-electron chi connectivity index (χ2n) is 9.89. The normalized spacial score (nSPS) is 25.1. The Morgan fingerprint density at radius 1 is 1.03 bits per heavy atom. The van der Waals surface area contributed by atoms with Gasteiger partial charge >= 0.3 is 6.03 Å². The maximum atomic E-state index is 14.1. The fourth-order valence-corrected chi connectivity index (χ4v) is 5.93. The molecule has 0 bridgehead atoms. The van der Waals surface area contributed by atoms with Crippen molar-refractivity contribution in [2.45, 2.75) is 56.5 Å². The molecule has 0 spiro atoms. The number of benzene rings is 2. The minimum absolute atomic E-state index is 0.0171. The first-order chi connectivity index (χ1) is 17.0. The van der Waals surface area contributed by atoms with Crippen molar-refractivity contribution in [1.29, 1.82) is 0 Å². The van der Waals surface area contributed by atoms with Crippen molar-refractivity contribution in [2.24, 2.45) is 0 Å². The van der Waals surface area contributed by atoms with Crippen LogP contribution >= 0.6 is 0 Å². The fourth-order valence-electron chi connectivity index (χ4n) is 5.93. The maximum Gasteiger partial charge on any atom is 0.321 e. The Labute approximate surface area is 205 Å². The van der Waals surface area contributed by atoms with Gasteiger partial charge in [-0.25, -0.2) is 13.6 Å². The third kappa shape index (κ3) is 4.98. The summed E-state index contributed by atoms with van der Waals surface area (Å²) < 4.78 is 27.7. The molecule has 0 unspecified atom stereocenters. The van der Waals surface area contributed by atoms with E-state index in [4.69, 9.17) is 0 Å². The number of aliphatic hydroxyl groups excluding tert-OH is 1. The molecule has 186 valence electrons. The number of amides is 2. The second-order valence-corrected chi connectivity index (χ2v) is 9.89. The molecular formula is C28H33F2N3O2. The molecule has 2 amide bonds. The smallest absolute Gasteiger partial charge is 0.321 e. The number of fused-ring (bicyclic) bond motifs is 1. The molecule has 0 saturated carbocycles. The van der Waals surface area contributed by atoms with Gasteiger partial charge in [0.2, 0.25) is 0 Å². The number of hydrogen-bond acceptors (Lipinski definition) is 3. The number of carbonyl (C=O) groups excluding carboxylic acids is 1. The van der Waals surface area contributed by atoms with Crippen molar-refractivity contribution >= 4 is 17.3 Å². The SMILES string of the molecule is O=C(Nc1cc(F)ccc1F)N1CCCCN2[C@H](C1)[C@H](c1ccc(C3=CCCCC3)cc1)[C@@H]2CO. The lowest BCUT2D eigenvalue weighted by atomic mass is 9.74. The quantitative estimate of drug-likeness (QED) is 0.617. The molecule has 1 aliphatic carbocycles. The van der Waals surface area contributed by atoms with E-state index in [9.17, 15) is 18.7 Å². The first-order valence-corrected chi connectivity index (χ1v) is 12.7. The van der Waals surface area contributed by atoms with E-state index in [0.29, 0.717) is 13.1 Å². The van der Waals surface area contributed by atoms with E-state index in [2.05, 4.69) is 40.6 Å². The molecular weight excluding hydrogens is 448 g/mol. The van der Waals surface area contributed by atoms with Gasteiger partial charge in [0.25, 0.3) is 0 Å². The van der Waals surface area contributed by atoms with Gasteiger partial charge < -0.3 is 15.3 Å². The second kappa shape index (κ2) is 10.5. The molecule has 2 fully saturated rings. The van der Waals surface area contributed by atoms with Crippen molar-refractivity contribution in [3.8, 4) is 0 Å². The summed E-state index contributed by atoms with van der Waals surface area (Å²) in [6.45, 7) is 1.97. The Morgan fingerprint density at radius 2 is 1.83 bits per heavy atom. The first kappa shape index (κ1) is 23.9. The summed E-state index contributed by atoms with van der Waals surface area (Å²) in [7, 11) is 0. The zero-order valence-corrected chi connectivity index (χ0v) is 19.9. The monoisotopic (exact) mass is 481 g/mol. The number of hydrogen-bond donors (Lipinski definition) is 2. The predicted octanol–water partition coefficient (Wildman–Crippen LogP) is 5.38. The molecule has 2 saturated heterocycles. The predicted molar refractivity (Wildman–Crippen MR) is 133 cm³/mol. The highest BCUT2D eigenvalue weighted by molar-refractivity contribution is 5.89. The molecule has 3 atom stereocenters. The summed E-state index contributed by atoms with van der Waals surface area (Å²) in [4.78, 5) is 17.0. The number of carbonyl (C=O) groups is 1. The molecule has 2 aromatic carbocycles. The highest BCUT2D eigenvalue weighted by atomic mass is 19.1. The highest BCUT2D eigenvalue weighted by Gasteiger charge is 2.49. The Morgan fingerprint density at radius 3 is 2.57 bits per heavy atom. The molecule has 0 radical (unpaired) electrons. The van der Waals surface area contributed by atoms with E-state index in [1.165, 1.54) is 29.5 Å². The Hall–Kier alpha value is -2.77. The summed E-state index contributed by atoms with van der Waals surface area (Å²) in [6.07, 6.45) is 8.81. The molecule has 35 heavy (non-hydrogen) atoms. The average Bonchev–Trinajstić information content (AvgIpc) is 2.86. The van der Waals surface area contributed by atoms with Crippen molar-refractivity contribution in [2.75, 3.05) is 31.6 Å². The van der Waals surface area contributed by atoms with Crippen LogP contribution < -0.4 is 5.32 Å². The standard InChI is InChI=1S/C28H33F2N3O2/c29-22-12-13-23(30)24(16-22)31-28(35)32-14-4-5-15-33-25(17-32)27(26(33)18-34)21-10-8-20(9-11-21)19-6-2-1-3-7-19/h6,8-13,16,25-27,34H,1-5,7,14-15,17-18H2,(H,31,35)/t25-,26+,27+/m1/s1. The lowest BCUT2D eigenvalue weighted by Gasteiger charge is -2.57. The third-order valence-corrected chi connectivity index (χ3v) is 7.78. The Kier molecular flexibility index (Phi) is 7.16. The number of nitrogens with zero attached hydrogens (tertiary/aromatic N) is 2. The molecule has 3 aliphatic rings. The van der Waals surface area contributed by atoms with Gasteiger partial charge in [0.1, 0.15) is 11.6 Å². The minimum Gasteiger partial charge on any atom is -0.395 e. The number of nitrogens with one attached hydrogen (secondary N) is 1. The summed E-state index contributed by atoms with van der Waals surface area (Å²) in [6, 6.07) is 11.4. The summed E-state index contributed by atoms with van der Waals surface area (Å²) in [5, 5.41) is 12.7. The van der Waals surface area contributed by atoms with Crippen LogP contribution in [0.3, 0.4) is 0 Å². The third-order valence-electron chi connectivity index (χ3n) is 7.78. The van der Waals surface area contributed by atoms with Crippen molar-refractivity contribution < 1.29 is 18.7 Å². The largest absolute Gasteiger partial charge is 0.395 e. The lowest BCUT2D eigenvalue weighted by Crippen LogP contribution is -2.68. The van der Waals surface area contributed by atoms with Crippen LogP contribution in [0.1, 0.15) is 55.6 Å². The summed E-state index contributed by atoms with van der Waals surface area (Å²) >= 11 is 0. The van der Waals surface area contributed by atoms with Crippen molar-refractivity contribution in [3.05, 3.63) is 71.3 Å². The van der Waals surface area contributed by atoms with Crippen molar-refractivity contribution in [3.63, 3.8) is 0 Å². The van der Waals surface area contributed by atoms with Crippen LogP contribution in [-0.4, -0.2) is 59.3 Å². The number of aliphatic hydroxyl groups is 1. The maximum absolute atomic E-state index is 14.1. The van der Waals surface area contributed by atoms with Gasteiger partial charge in [0.05, 0.1) is 12.3 Å². The van der Waals surface area contributed by atoms with E-state index in [1.54, 1.807) is 4.90 Å². The van der Waals surface area contributed by atoms with Crippen LogP contribution in [-0.2, 0) is 0 Å². The first-order valence-electron chi connectivity index (χ1n) is 12.7. The van der Waals surface area contributed by atoms with E-state index >= 15 is 0 Å². The highest BCUT2D eigenvalue weighted by Crippen LogP contribution is 2.42. The number of urea groups is 1. The molecule has 5 nitrogen and oxygen atoms in total.